The van der Waals surface area contributed by atoms with Gasteiger partial charge in [-0.2, -0.15) is 22.8 Å². The molecule has 9 nitrogen and oxygen atoms in total. The molecule has 3 aromatic carbocycles. The number of hydrogen-bond acceptors (Lipinski definition) is 5. The second-order valence-electron chi connectivity index (χ2n) is 9.07. The molecule has 0 bridgehead atoms. The topological polar surface area (TPSA) is 150 Å². The summed E-state index contributed by atoms with van der Waals surface area (Å²) in [6.07, 6.45) is -3.08. The number of aliphatic carboxylic acids is 1. The number of rotatable bonds is 9. The van der Waals surface area contributed by atoms with E-state index in [0.717, 1.165) is 12.6 Å². The van der Waals surface area contributed by atoms with Crippen LogP contribution in [0.5, 0.6) is 0 Å². The molecule has 0 atom stereocenters. The van der Waals surface area contributed by atoms with Crippen molar-refractivity contribution in [2.75, 3.05) is 33.3 Å². The SMILES string of the molecule is CN(CCC[P+](c1ccccc1)(c1ccccc1)c1ccccc1)C(=O)C[N+](C)=C(N)N.F[C-](F)F.O=C([O-])C(F)(F)F.O=C=O. The molecule has 3 aromatic rings. The molecule has 0 unspecified atom stereocenters. The number of carboxylic acids is 1. The Hall–Kier alpha value is -4.74. The molecule has 0 aliphatic heterocycles. The number of carboxylic acid groups (broad SMARTS) is 1. The van der Waals surface area contributed by atoms with Gasteiger partial charge in [0, 0.05) is 13.6 Å². The molecule has 0 spiro atoms. The number of amides is 1. The van der Waals surface area contributed by atoms with Crippen LogP contribution in [0.25, 0.3) is 0 Å². The normalized spacial score (nSPS) is 10.4. The van der Waals surface area contributed by atoms with Gasteiger partial charge in [-0.15, -0.1) is 0 Å². The first-order valence-corrected chi connectivity index (χ1v) is 15.0. The Labute approximate surface area is 262 Å². The van der Waals surface area contributed by atoms with E-state index in [-0.39, 0.29) is 24.6 Å². The van der Waals surface area contributed by atoms with E-state index in [0.29, 0.717) is 6.54 Å². The summed E-state index contributed by atoms with van der Waals surface area (Å²) in [6.45, 7) is -2.24. The first kappa shape index (κ1) is 41.3. The molecule has 0 heterocycles. The Balaban J connectivity index is 0.00000122. The van der Waals surface area contributed by atoms with E-state index in [1.165, 1.54) is 15.9 Å². The Morgan fingerprint density at radius 1 is 0.848 bits per heavy atom. The molecule has 0 aliphatic carbocycles. The molecule has 1 amide bonds. The molecule has 0 saturated carbocycles. The molecule has 0 fully saturated rings. The van der Waals surface area contributed by atoms with Crippen LogP contribution in [0.4, 0.5) is 26.3 Å². The predicted octanol–water partition coefficient (Wildman–Crippen LogP) is 1.80. The number of halogens is 6. The number of nitrogens with two attached hydrogens (primary N) is 2. The van der Waals surface area contributed by atoms with Crippen molar-refractivity contribution < 1.29 is 55.2 Å². The molecule has 0 aliphatic rings. The molecule has 250 valence electrons. The highest BCUT2D eigenvalue weighted by Gasteiger charge is 2.44. The van der Waals surface area contributed by atoms with Gasteiger partial charge in [0.25, 0.3) is 5.91 Å². The fourth-order valence-electron chi connectivity index (χ4n) is 3.97. The summed E-state index contributed by atoms with van der Waals surface area (Å²) in [7, 11) is 1.69. The number of guanidine groups is 1. The maximum Gasteiger partial charge on any atom is 0.430 e. The Bertz CT molecular complexity index is 1290. The molecule has 0 saturated heterocycles. The van der Waals surface area contributed by atoms with Crippen LogP contribution in [0.2, 0.25) is 0 Å². The average molecular weight is 675 g/mol. The highest BCUT2D eigenvalue weighted by molar-refractivity contribution is 7.95. The lowest BCUT2D eigenvalue weighted by Crippen LogP contribution is -2.41. The highest BCUT2D eigenvalue weighted by atomic mass is 31.2. The van der Waals surface area contributed by atoms with Crippen LogP contribution in [0.1, 0.15) is 6.42 Å². The Morgan fingerprint density at radius 3 is 1.41 bits per heavy atom. The lowest BCUT2D eigenvalue weighted by molar-refractivity contribution is -0.488. The van der Waals surface area contributed by atoms with Crippen LogP contribution >= 0.6 is 7.26 Å². The maximum atomic E-state index is 12.6. The fraction of sp³-hybridized carbons (Fsp3) is 0.233. The van der Waals surface area contributed by atoms with E-state index in [4.69, 9.17) is 31.0 Å². The fourth-order valence-corrected chi connectivity index (χ4v) is 8.29. The zero-order valence-corrected chi connectivity index (χ0v) is 25.7. The number of benzene rings is 3. The third-order valence-electron chi connectivity index (χ3n) is 6.05. The second kappa shape index (κ2) is 21.1. The summed E-state index contributed by atoms with van der Waals surface area (Å²) in [5.74, 6) is -2.86. The largest absolute Gasteiger partial charge is 0.542 e. The minimum Gasteiger partial charge on any atom is -0.542 e. The quantitative estimate of drug-likeness (QED) is 0.0878. The van der Waals surface area contributed by atoms with Gasteiger partial charge in [-0.1, -0.05) is 54.6 Å². The number of hydrogen-bond donors (Lipinski definition) is 2. The average Bonchev–Trinajstić information content (AvgIpc) is 3.00. The zero-order chi connectivity index (χ0) is 35.3. The third-order valence-corrected chi connectivity index (χ3v) is 10.6. The van der Waals surface area contributed by atoms with Crippen LogP contribution in [0, 0.1) is 6.68 Å². The van der Waals surface area contributed by atoms with E-state index in [1.54, 1.807) is 16.5 Å². The van der Waals surface area contributed by atoms with Gasteiger partial charge in [-0.05, 0) is 42.8 Å². The molecular formula is C30H33F6N4O5P. The number of carbonyl (C=O) groups is 2. The molecule has 0 radical (unpaired) electrons. The minimum atomic E-state index is -5.19. The lowest BCUT2D eigenvalue weighted by Gasteiger charge is -2.28. The zero-order valence-electron chi connectivity index (χ0n) is 24.8. The van der Waals surface area contributed by atoms with Crippen molar-refractivity contribution in [3.8, 4) is 0 Å². The van der Waals surface area contributed by atoms with Gasteiger partial charge >= 0.3 is 18.3 Å². The van der Waals surface area contributed by atoms with E-state index in [9.17, 15) is 31.1 Å². The monoisotopic (exact) mass is 674 g/mol. The van der Waals surface area contributed by atoms with Crippen molar-refractivity contribution in [3.05, 3.63) is 97.7 Å². The van der Waals surface area contributed by atoms with Gasteiger partial charge in [0.1, 0.15) is 35.7 Å². The maximum absolute atomic E-state index is 12.6. The second-order valence-corrected chi connectivity index (χ2v) is 12.7. The predicted molar refractivity (Wildman–Crippen MR) is 159 cm³/mol. The van der Waals surface area contributed by atoms with Crippen LogP contribution in [-0.4, -0.2) is 73.0 Å². The summed E-state index contributed by atoms with van der Waals surface area (Å²) in [5.41, 5.74) is 11.2. The summed E-state index contributed by atoms with van der Waals surface area (Å²) >= 11 is 0. The van der Waals surface area contributed by atoms with E-state index in [2.05, 4.69) is 91.0 Å². The summed E-state index contributed by atoms with van der Waals surface area (Å²) < 4.78 is 61.9. The smallest absolute Gasteiger partial charge is 0.430 e. The number of likely N-dealkylation sites (N-methyl/N-ethyl adjacent to an activating group) is 2. The van der Waals surface area contributed by atoms with E-state index >= 15 is 0 Å². The number of nitrogens with zero attached hydrogens (tertiary/aromatic N) is 2. The first-order valence-electron chi connectivity index (χ1n) is 13.0. The van der Waals surface area contributed by atoms with Crippen molar-refractivity contribution in [2.45, 2.75) is 12.6 Å². The molecular weight excluding hydrogens is 641 g/mol. The number of carbonyl (C=O) groups excluding carboxylic acids is 4. The van der Waals surface area contributed by atoms with Gasteiger partial charge in [0.2, 0.25) is 0 Å². The van der Waals surface area contributed by atoms with E-state index < -0.39 is 26.1 Å². The summed E-state index contributed by atoms with van der Waals surface area (Å²) in [5, 5.41) is 12.9. The van der Waals surface area contributed by atoms with Gasteiger partial charge in [0.15, 0.2) is 6.68 Å². The van der Waals surface area contributed by atoms with Gasteiger partial charge in [-0.25, -0.2) is 0 Å². The lowest BCUT2D eigenvalue weighted by atomic mass is 10.3. The van der Waals surface area contributed by atoms with Crippen molar-refractivity contribution >= 4 is 47.2 Å². The molecule has 16 heteroatoms. The summed E-state index contributed by atoms with van der Waals surface area (Å²) in [6, 6.07) is 32.4. The minimum absolute atomic E-state index is 0.00367. The van der Waals surface area contributed by atoms with Gasteiger partial charge in [0.05, 0.1) is 13.2 Å². The van der Waals surface area contributed by atoms with Crippen LogP contribution < -0.4 is 32.5 Å². The highest BCUT2D eigenvalue weighted by Crippen LogP contribution is 2.55. The van der Waals surface area contributed by atoms with Gasteiger partial charge in [-0.3, -0.25) is 20.8 Å². The van der Waals surface area contributed by atoms with Crippen molar-refractivity contribution in [1.29, 1.82) is 0 Å². The van der Waals surface area contributed by atoms with Crippen molar-refractivity contribution in [2.24, 2.45) is 11.5 Å². The Morgan fingerprint density at radius 2 is 1.15 bits per heavy atom. The molecule has 0 aromatic heterocycles. The summed E-state index contributed by atoms with van der Waals surface area (Å²) in [4.78, 5) is 39.4. The molecule has 46 heavy (non-hydrogen) atoms. The number of alkyl halides is 3. The standard InChI is InChI=1S/C26H32N4OP.C2HF3O2.CF3.CO2/c1-29(25(31)21-30(2)26(27)28)19-12-20-32(22-13-6-3-7-14-22,23-15-8-4-9-16-23)24-17-10-5-11-18-24;3-2(4,5)1(6)7;2-1(3)4;2-1-3/h3-11,13-18H,12,19-21H2,1-2H3,(H3,27,28);(H,6,7);;/q+1;;-1;. The van der Waals surface area contributed by atoms with Crippen molar-refractivity contribution in [1.82, 2.24) is 4.90 Å². The van der Waals surface area contributed by atoms with Crippen molar-refractivity contribution in [3.63, 3.8) is 0 Å². The van der Waals surface area contributed by atoms with Gasteiger partial charge < -0.3 is 28.0 Å². The van der Waals surface area contributed by atoms with Crippen LogP contribution in [0.15, 0.2) is 91.0 Å². The van der Waals surface area contributed by atoms with Crippen LogP contribution in [0.3, 0.4) is 0 Å². The first-order chi connectivity index (χ1) is 21.5. The third kappa shape index (κ3) is 14.8. The molecule has 4 N–H and O–H groups in total. The van der Waals surface area contributed by atoms with Crippen LogP contribution in [-0.2, 0) is 19.2 Å². The Kier molecular flexibility index (Phi) is 18.9. The van der Waals surface area contributed by atoms with E-state index in [1.807, 2.05) is 7.05 Å². The molecule has 3 rings (SSSR count).